The summed E-state index contributed by atoms with van der Waals surface area (Å²) in [7, 11) is 0. The van der Waals surface area contributed by atoms with Gasteiger partial charge in [-0.25, -0.2) is 0 Å². The van der Waals surface area contributed by atoms with Crippen molar-refractivity contribution in [2.24, 2.45) is 0 Å². The number of non-ortho nitro benzene ring substituents is 1. The molecule has 1 aromatic carbocycles. The van der Waals surface area contributed by atoms with Crippen molar-refractivity contribution >= 4 is 48.8 Å². The number of nitro groups is 1. The van der Waals surface area contributed by atoms with Crippen LogP contribution in [0.3, 0.4) is 0 Å². The van der Waals surface area contributed by atoms with Crippen LogP contribution in [0, 0.1) is 17.0 Å². The van der Waals surface area contributed by atoms with Gasteiger partial charge in [0.1, 0.15) is 4.70 Å². The van der Waals surface area contributed by atoms with Crippen LogP contribution in [0.2, 0.25) is 5.02 Å². The number of benzene rings is 1. The summed E-state index contributed by atoms with van der Waals surface area (Å²) in [6.07, 6.45) is 1.86. The molecule has 0 aliphatic heterocycles. The Balaban J connectivity index is 2.47. The van der Waals surface area contributed by atoms with Crippen molar-refractivity contribution in [3.05, 3.63) is 44.7 Å². The van der Waals surface area contributed by atoms with Gasteiger partial charge in [-0.3, -0.25) is 15.1 Å². The number of hydrogen-bond acceptors (Lipinski definition) is 4. The fourth-order valence-corrected chi connectivity index (χ4v) is 4.05. The number of aryl methyl sites for hydroxylation is 2. The van der Waals surface area contributed by atoms with Gasteiger partial charge >= 0.3 is 0 Å². The van der Waals surface area contributed by atoms with Crippen molar-refractivity contribution in [3.63, 3.8) is 0 Å². The first-order valence-corrected chi connectivity index (χ1v) is 7.87. The highest BCUT2D eigenvalue weighted by molar-refractivity contribution is 7.26. The molecule has 0 atom stereocenters. The molecule has 0 fully saturated rings. The minimum absolute atomic E-state index is 0.0683. The third-order valence-electron chi connectivity index (χ3n) is 3.38. The monoisotopic (exact) mass is 320 g/mol. The third-order valence-corrected chi connectivity index (χ3v) is 4.89. The first-order valence-electron chi connectivity index (χ1n) is 6.68. The standard InChI is InChI=1S/C15H13ClN2O2S/c1-3-4-12-14-10(5-8(2)17-12)11-6-9(16)7-13(18(19)20)15(11)21-14/h5-7H,3-4H2,1-2H3. The molecule has 0 saturated heterocycles. The molecule has 0 spiro atoms. The number of rotatable bonds is 3. The zero-order valence-electron chi connectivity index (χ0n) is 11.6. The van der Waals surface area contributed by atoms with E-state index < -0.39 is 0 Å². The minimum atomic E-state index is -0.372. The lowest BCUT2D eigenvalue weighted by atomic mass is 10.1. The van der Waals surface area contributed by atoms with Crippen LogP contribution < -0.4 is 0 Å². The van der Waals surface area contributed by atoms with E-state index in [0.717, 1.165) is 39.7 Å². The van der Waals surface area contributed by atoms with Crippen LogP contribution in [0.25, 0.3) is 20.2 Å². The molecule has 3 aromatic rings. The summed E-state index contributed by atoms with van der Waals surface area (Å²) < 4.78 is 1.70. The van der Waals surface area contributed by atoms with E-state index >= 15 is 0 Å². The average molecular weight is 321 g/mol. The highest BCUT2D eigenvalue weighted by Gasteiger charge is 2.20. The summed E-state index contributed by atoms with van der Waals surface area (Å²) in [5, 5.41) is 13.5. The molecular weight excluding hydrogens is 308 g/mol. The zero-order chi connectivity index (χ0) is 15.1. The summed E-state index contributed by atoms with van der Waals surface area (Å²) in [6, 6.07) is 5.20. The first kappa shape index (κ1) is 14.2. The fourth-order valence-electron chi connectivity index (χ4n) is 2.57. The molecule has 21 heavy (non-hydrogen) atoms. The van der Waals surface area contributed by atoms with Gasteiger partial charge in [-0.05, 0) is 25.5 Å². The Hall–Kier alpha value is -1.72. The first-order chi connectivity index (χ1) is 10.0. The van der Waals surface area contributed by atoms with E-state index in [2.05, 4.69) is 11.9 Å². The van der Waals surface area contributed by atoms with Gasteiger partial charge in [-0.2, -0.15) is 0 Å². The summed E-state index contributed by atoms with van der Waals surface area (Å²) >= 11 is 7.49. The molecule has 108 valence electrons. The van der Waals surface area contributed by atoms with Crippen LogP contribution in [0.5, 0.6) is 0 Å². The number of pyridine rings is 1. The molecule has 0 radical (unpaired) electrons. The predicted molar refractivity (Wildman–Crippen MR) is 87.5 cm³/mol. The van der Waals surface area contributed by atoms with Crippen molar-refractivity contribution in [2.45, 2.75) is 26.7 Å². The lowest BCUT2D eigenvalue weighted by molar-refractivity contribution is -0.382. The molecule has 6 heteroatoms. The Kier molecular flexibility index (Phi) is 3.55. The van der Waals surface area contributed by atoms with Crippen molar-refractivity contribution in [2.75, 3.05) is 0 Å². The van der Waals surface area contributed by atoms with Gasteiger partial charge in [0, 0.05) is 27.6 Å². The fraction of sp³-hybridized carbons (Fsp3) is 0.267. The van der Waals surface area contributed by atoms with Crippen LogP contribution in [0.1, 0.15) is 24.7 Å². The van der Waals surface area contributed by atoms with Gasteiger partial charge in [-0.15, -0.1) is 11.3 Å². The van der Waals surface area contributed by atoms with E-state index in [1.54, 1.807) is 6.07 Å². The van der Waals surface area contributed by atoms with Crippen LogP contribution in [-0.4, -0.2) is 9.91 Å². The van der Waals surface area contributed by atoms with Gasteiger partial charge in [-0.1, -0.05) is 24.9 Å². The summed E-state index contributed by atoms with van der Waals surface area (Å²) in [5.74, 6) is 0. The molecule has 4 nitrogen and oxygen atoms in total. The van der Waals surface area contributed by atoms with Crippen LogP contribution >= 0.6 is 22.9 Å². The molecular formula is C15H13ClN2O2S. The van der Waals surface area contributed by atoms with Gasteiger partial charge in [0.15, 0.2) is 0 Å². The lowest BCUT2D eigenvalue weighted by Gasteiger charge is -2.02. The highest BCUT2D eigenvalue weighted by Crippen LogP contribution is 2.42. The van der Waals surface area contributed by atoms with Crippen molar-refractivity contribution in [1.29, 1.82) is 0 Å². The molecule has 0 saturated carbocycles. The predicted octanol–water partition coefficient (Wildman–Crippen LogP) is 5.27. The van der Waals surface area contributed by atoms with Crippen molar-refractivity contribution in [1.82, 2.24) is 4.98 Å². The maximum Gasteiger partial charge on any atom is 0.288 e. The van der Waals surface area contributed by atoms with Crippen LogP contribution in [-0.2, 0) is 6.42 Å². The van der Waals surface area contributed by atoms with Gasteiger partial charge < -0.3 is 0 Å². The maximum absolute atomic E-state index is 11.3. The normalized spacial score (nSPS) is 11.4. The van der Waals surface area contributed by atoms with Gasteiger partial charge in [0.2, 0.25) is 0 Å². The quantitative estimate of drug-likeness (QED) is 0.488. The van der Waals surface area contributed by atoms with E-state index in [0.29, 0.717) is 9.72 Å². The number of nitrogens with zero attached hydrogens (tertiary/aromatic N) is 2. The number of fused-ring (bicyclic) bond motifs is 3. The Labute approximate surface area is 130 Å². The number of hydrogen-bond donors (Lipinski definition) is 0. The molecule has 0 unspecified atom stereocenters. The number of aromatic nitrogens is 1. The Bertz CT molecular complexity index is 873. The molecule has 0 amide bonds. The largest absolute Gasteiger partial charge is 0.288 e. The zero-order valence-corrected chi connectivity index (χ0v) is 13.2. The third kappa shape index (κ3) is 2.36. The second-order valence-corrected chi connectivity index (χ2v) is 6.45. The summed E-state index contributed by atoms with van der Waals surface area (Å²) in [6.45, 7) is 4.05. The number of nitro benzene ring substituents is 1. The van der Waals surface area contributed by atoms with Crippen molar-refractivity contribution < 1.29 is 4.92 Å². The Morgan fingerprint density at radius 3 is 2.67 bits per heavy atom. The topological polar surface area (TPSA) is 56.0 Å². The van der Waals surface area contributed by atoms with Gasteiger partial charge in [0.05, 0.1) is 15.3 Å². The number of thiophene rings is 1. The summed E-state index contributed by atoms with van der Waals surface area (Å²) in [5.41, 5.74) is 2.01. The average Bonchev–Trinajstić information content (AvgIpc) is 2.77. The lowest BCUT2D eigenvalue weighted by Crippen LogP contribution is -1.91. The Morgan fingerprint density at radius 1 is 1.29 bits per heavy atom. The molecule has 2 heterocycles. The van der Waals surface area contributed by atoms with E-state index in [1.807, 2.05) is 13.0 Å². The van der Waals surface area contributed by atoms with Gasteiger partial charge in [0.25, 0.3) is 5.69 Å². The minimum Gasteiger partial charge on any atom is -0.258 e. The SMILES string of the molecule is CCCc1nc(C)cc2c1sc1c([N+](=O)[O-])cc(Cl)cc12. The molecule has 3 rings (SSSR count). The van der Waals surface area contributed by atoms with E-state index in [-0.39, 0.29) is 10.6 Å². The summed E-state index contributed by atoms with van der Waals surface area (Å²) in [4.78, 5) is 15.5. The molecule has 0 bridgehead atoms. The maximum atomic E-state index is 11.3. The van der Waals surface area contributed by atoms with E-state index in [1.165, 1.54) is 17.4 Å². The highest BCUT2D eigenvalue weighted by atomic mass is 35.5. The second-order valence-electron chi connectivity index (χ2n) is 5.00. The smallest absolute Gasteiger partial charge is 0.258 e. The van der Waals surface area contributed by atoms with Crippen LogP contribution in [0.4, 0.5) is 5.69 Å². The molecule has 0 aliphatic carbocycles. The van der Waals surface area contributed by atoms with E-state index in [4.69, 9.17) is 11.6 Å². The van der Waals surface area contributed by atoms with E-state index in [9.17, 15) is 10.1 Å². The molecule has 0 N–H and O–H groups in total. The molecule has 2 aromatic heterocycles. The Morgan fingerprint density at radius 2 is 2.00 bits per heavy atom. The van der Waals surface area contributed by atoms with Crippen LogP contribution in [0.15, 0.2) is 18.2 Å². The molecule has 0 aliphatic rings. The number of halogens is 1. The second kappa shape index (κ2) is 5.24. The van der Waals surface area contributed by atoms with Crippen molar-refractivity contribution in [3.8, 4) is 0 Å².